The molecule has 6 nitrogen and oxygen atoms in total. The van der Waals surface area contributed by atoms with Gasteiger partial charge in [-0.3, -0.25) is 4.79 Å². The fourth-order valence-electron chi connectivity index (χ4n) is 2.39. The van der Waals surface area contributed by atoms with Crippen LogP contribution >= 0.6 is 11.3 Å². The number of hydrazone groups is 1. The summed E-state index contributed by atoms with van der Waals surface area (Å²) in [5, 5.41) is 6.77. The minimum atomic E-state index is -0.231. The number of rotatable bonds is 7. The van der Waals surface area contributed by atoms with Gasteiger partial charge < -0.3 is 9.47 Å². The number of carbonyl (C=O) groups is 1. The van der Waals surface area contributed by atoms with Gasteiger partial charge in [0.25, 0.3) is 0 Å². The van der Waals surface area contributed by atoms with Crippen molar-refractivity contribution in [3.63, 3.8) is 0 Å². The average Bonchev–Trinajstić information content (AvgIpc) is 3.16. The number of thiazole rings is 1. The molecular formula is C20H19N3O3S. The summed E-state index contributed by atoms with van der Waals surface area (Å²) >= 11 is 1.52. The molecule has 0 atom stereocenters. The van der Waals surface area contributed by atoms with Crippen molar-refractivity contribution in [1.82, 2.24) is 10.4 Å². The van der Waals surface area contributed by atoms with Crippen LogP contribution in [0.2, 0.25) is 0 Å². The first-order valence-corrected chi connectivity index (χ1v) is 9.10. The van der Waals surface area contributed by atoms with Gasteiger partial charge in [0.1, 0.15) is 16.5 Å². The van der Waals surface area contributed by atoms with E-state index in [1.54, 1.807) is 38.6 Å². The van der Waals surface area contributed by atoms with Crippen molar-refractivity contribution in [3.8, 4) is 22.1 Å². The summed E-state index contributed by atoms with van der Waals surface area (Å²) in [6.07, 6.45) is 1.71. The Bertz CT molecular complexity index is 916. The average molecular weight is 381 g/mol. The van der Waals surface area contributed by atoms with Crippen molar-refractivity contribution < 1.29 is 14.3 Å². The molecule has 0 radical (unpaired) electrons. The van der Waals surface area contributed by atoms with Crippen LogP contribution in [-0.4, -0.2) is 31.3 Å². The summed E-state index contributed by atoms with van der Waals surface area (Å²) in [5.41, 5.74) is 5.03. The van der Waals surface area contributed by atoms with E-state index < -0.39 is 0 Å². The molecule has 0 aliphatic rings. The van der Waals surface area contributed by atoms with E-state index in [4.69, 9.17) is 9.47 Å². The van der Waals surface area contributed by atoms with Crippen molar-refractivity contribution in [3.05, 3.63) is 65.2 Å². The maximum absolute atomic E-state index is 12.1. The van der Waals surface area contributed by atoms with Gasteiger partial charge >= 0.3 is 0 Å². The molecular weight excluding hydrogens is 362 g/mol. The van der Waals surface area contributed by atoms with Gasteiger partial charge in [-0.2, -0.15) is 5.10 Å². The van der Waals surface area contributed by atoms with E-state index in [1.807, 2.05) is 35.7 Å². The van der Waals surface area contributed by atoms with Gasteiger partial charge in [0, 0.05) is 22.6 Å². The fraction of sp³-hybridized carbons (Fsp3) is 0.150. The Balaban J connectivity index is 1.59. The summed E-state index contributed by atoms with van der Waals surface area (Å²) < 4.78 is 10.4. The molecule has 3 aromatic rings. The number of carbonyl (C=O) groups excluding carboxylic acids is 1. The van der Waals surface area contributed by atoms with Gasteiger partial charge in [0.2, 0.25) is 5.91 Å². The molecule has 1 N–H and O–H groups in total. The minimum Gasteiger partial charge on any atom is -0.497 e. The molecule has 0 unspecified atom stereocenters. The first-order chi connectivity index (χ1) is 13.2. The molecule has 1 aromatic heterocycles. The van der Waals surface area contributed by atoms with Gasteiger partial charge in [-0.1, -0.05) is 30.3 Å². The largest absolute Gasteiger partial charge is 0.497 e. The third-order valence-corrected chi connectivity index (χ3v) is 4.63. The molecule has 0 aliphatic carbocycles. The molecule has 2 aromatic carbocycles. The smallest absolute Gasteiger partial charge is 0.246 e. The van der Waals surface area contributed by atoms with Crippen LogP contribution in [-0.2, 0) is 11.2 Å². The van der Waals surface area contributed by atoms with E-state index in [-0.39, 0.29) is 12.3 Å². The van der Waals surface area contributed by atoms with Crippen LogP contribution in [0.25, 0.3) is 10.6 Å². The van der Waals surface area contributed by atoms with Crippen LogP contribution < -0.4 is 14.9 Å². The predicted octanol–water partition coefficient (Wildman–Crippen LogP) is 3.52. The molecule has 7 heteroatoms. The highest BCUT2D eigenvalue weighted by Gasteiger charge is 2.08. The second kappa shape index (κ2) is 8.95. The second-order valence-electron chi connectivity index (χ2n) is 5.63. The molecule has 138 valence electrons. The number of hydrogen-bond acceptors (Lipinski definition) is 6. The number of nitrogens with zero attached hydrogens (tertiary/aromatic N) is 2. The molecule has 0 saturated carbocycles. The Morgan fingerprint density at radius 2 is 1.85 bits per heavy atom. The zero-order valence-corrected chi connectivity index (χ0v) is 15.8. The predicted molar refractivity (Wildman–Crippen MR) is 107 cm³/mol. The van der Waals surface area contributed by atoms with Gasteiger partial charge in [-0.15, -0.1) is 11.3 Å². The monoisotopic (exact) mass is 381 g/mol. The standard InChI is InChI=1S/C20H19N3O3S/c1-25-17-8-14(9-18(11-17)26-2)12-21-23-19(24)10-16-13-27-20(22-16)15-6-4-3-5-7-15/h3-9,11-13H,10H2,1-2H3,(H,23,24). The lowest BCUT2D eigenvalue weighted by atomic mass is 10.2. The van der Waals surface area contributed by atoms with Crippen molar-refractivity contribution in [1.29, 1.82) is 0 Å². The maximum atomic E-state index is 12.1. The summed E-state index contributed by atoms with van der Waals surface area (Å²) in [6.45, 7) is 0. The number of nitrogens with one attached hydrogen (secondary N) is 1. The number of hydrogen-bond donors (Lipinski definition) is 1. The van der Waals surface area contributed by atoms with Crippen LogP contribution in [0.5, 0.6) is 11.5 Å². The number of methoxy groups -OCH3 is 2. The Morgan fingerprint density at radius 3 is 2.52 bits per heavy atom. The first-order valence-electron chi connectivity index (χ1n) is 8.22. The van der Waals surface area contributed by atoms with Crippen LogP contribution in [0.15, 0.2) is 59.0 Å². The molecule has 0 aliphatic heterocycles. The molecule has 0 spiro atoms. The second-order valence-corrected chi connectivity index (χ2v) is 6.48. The summed E-state index contributed by atoms with van der Waals surface area (Å²) in [6, 6.07) is 15.2. The Hall–Kier alpha value is -3.19. The minimum absolute atomic E-state index is 0.169. The van der Waals surface area contributed by atoms with Gasteiger partial charge in [-0.05, 0) is 12.1 Å². The zero-order valence-electron chi connectivity index (χ0n) is 15.0. The van der Waals surface area contributed by atoms with Crippen LogP contribution in [0.3, 0.4) is 0 Å². The van der Waals surface area contributed by atoms with Crippen LogP contribution in [0, 0.1) is 0 Å². The lowest BCUT2D eigenvalue weighted by molar-refractivity contribution is -0.120. The third-order valence-electron chi connectivity index (χ3n) is 3.69. The Labute approximate surface area is 161 Å². The van der Waals surface area contributed by atoms with E-state index in [2.05, 4.69) is 15.5 Å². The van der Waals surface area contributed by atoms with Crippen molar-refractivity contribution in [2.75, 3.05) is 14.2 Å². The molecule has 1 heterocycles. The van der Waals surface area contributed by atoms with E-state index in [0.717, 1.165) is 21.8 Å². The Kier molecular flexibility index (Phi) is 6.17. The highest BCUT2D eigenvalue weighted by Crippen LogP contribution is 2.23. The highest BCUT2D eigenvalue weighted by molar-refractivity contribution is 7.13. The van der Waals surface area contributed by atoms with Crippen molar-refractivity contribution >= 4 is 23.5 Å². The fourth-order valence-corrected chi connectivity index (χ4v) is 3.21. The maximum Gasteiger partial charge on any atom is 0.246 e. The van der Waals surface area contributed by atoms with Crippen LogP contribution in [0.1, 0.15) is 11.3 Å². The lowest BCUT2D eigenvalue weighted by Gasteiger charge is -2.05. The molecule has 0 fully saturated rings. The summed E-state index contributed by atoms with van der Waals surface area (Å²) in [7, 11) is 3.16. The number of amides is 1. The zero-order chi connectivity index (χ0) is 19.1. The van der Waals surface area contributed by atoms with Gasteiger partial charge in [-0.25, -0.2) is 10.4 Å². The third kappa shape index (κ3) is 5.15. The summed E-state index contributed by atoms with van der Waals surface area (Å²) in [5.74, 6) is 1.07. The molecule has 0 saturated heterocycles. The van der Waals surface area contributed by atoms with E-state index >= 15 is 0 Å². The molecule has 27 heavy (non-hydrogen) atoms. The number of aromatic nitrogens is 1. The van der Waals surface area contributed by atoms with Crippen LogP contribution in [0.4, 0.5) is 0 Å². The lowest BCUT2D eigenvalue weighted by Crippen LogP contribution is -2.19. The molecule has 1 amide bonds. The number of benzene rings is 2. The first kappa shape index (κ1) is 18.6. The topological polar surface area (TPSA) is 72.8 Å². The van der Waals surface area contributed by atoms with E-state index in [1.165, 1.54) is 11.3 Å². The van der Waals surface area contributed by atoms with Crippen molar-refractivity contribution in [2.45, 2.75) is 6.42 Å². The quantitative estimate of drug-likeness (QED) is 0.502. The van der Waals surface area contributed by atoms with Gasteiger partial charge in [0.05, 0.1) is 32.5 Å². The SMILES string of the molecule is COc1cc(C=NNC(=O)Cc2csc(-c3ccccc3)n2)cc(OC)c1. The molecule has 0 bridgehead atoms. The number of ether oxygens (including phenoxy) is 2. The van der Waals surface area contributed by atoms with Gasteiger partial charge in [0.15, 0.2) is 0 Å². The summed E-state index contributed by atoms with van der Waals surface area (Å²) in [4.78, 5) is 16.6. The van der Waals surface area contributed by atoms with E-state index in [0.29, 0.717) is 11.5 Å². The highest BCUT2D eigenvalue weighted by atomic mass is 32.1. The van der Waals surface area contributed by atoms with E-state index in [9.17, 15) is 4.79 Å². The normalized spacial score (nSPS) is 10.7. The Morgan fingerprint density at radius 1 is 1.15 bits per heavy atom. The van der Waals surface area contributed by atoms with Crippen molar-refractivity contribution in [2.24, 2.45) is 5.10 Å². The molecule has 3 rings (SSSR count).